The predicted molar refractivity (Wildman–Crippen MR) is 70.3 cm³/mol. The first-order valence-electron chi connectivity index (χ1n) is 5.79. The number of nitrogens with zero attached hydrogens (tertiary/aromatic N) is 2. The van der Waals surface area contributed by atoms with E-state index in [0.717, 1.165) is 4.90 Å². The fourth-order valence-electron chi connectivity index (χ4n) is 1.94. The van der Waals surface area contributed by atoms with Gasteiger partial charge in [0.2, 0.25) is 5.91 Å². The SMILES string of the molecule is NC[C@H]1CN(c2ccc3c(n2)NC(=O)CS3)C(=O)O1. The van der Waals surface area contributed by atoms with E-state index in [4.69, 9.17) is 10.5 Å². The Morgan fingerprint density at radius 1 is 1.53 bits per heavy atom. The first kappa shape index (κ1) is 12.2. The van der Waals surface area contributed by atoms with Crippen LogP contribution in [0.15, 0.2) is 17.0 Å². The molecule has 0 spiro atoms. The van der Waals surface area contributed by atoms with Crippen LogP contribution >= 0.6 is 11.8 Å². The molecule has 3 heterocycles. The molecule has 0 radical (unpaired) electrons. The van der Waals surface area contributed by atoms with E-state index in [0.29, 0.717) is 23.9 Å². The number of thioether (sulfide) groups is 1. The normalized spacial score (nSPS) is 21.9. The number of nitrogens with one attached hydrogen (secondary N) is 1. The Balaban J connectivity index is 1.88. The number of carbonyl (C=O) groups is 2. The predicted octanol–water partition coefficient (Wildman–Crippen LogP) is 0.410. The molecule has 7 nitrogen and oxygen atoms in total. The lowest BCUT2D eigenvalue weighted by molar-refractivity contribution is -0.113. The van der Waals surface area contributed by atoms with Gasteiger partial charge in [0, 0.05) is 6.54 Å². The minimum absolute atomic E-state index is 0.0917. The van der Waals surface area contributed by atoms with Gasteiger partial charge in [-0.25, -0.2) is 9.78 Å². The second-order valence-corrected chi connectivity index (χ2v) is 5.22. The van der Waals surface area contributed by atoms with Crippen molar-refractivity contribution < 1.29 is 14.3 Å². The van der Waals surface area contributed by atoms with Gasteiger partial charge in [0.25, 0.3) is 0 Å². The largest absolute Gasteiger partial charge is 0.443 e. The maximum atomic E-state index is 11.7. The van der Waals surface area contributed by atoms with Gasteiger partial charge in [-0.3, -0.25) is 9.69 Å². The molecule has 0 bridgehead atoms. The van der Waals surface area contributed by atoms with Gasteiger partial charge in [0.1, 0.15) is 17.7 Å². The second-order valence-electron chi connectivity index (χ2n) is 4.21. The highest BCUT2D eigenvalue weighted by atomic mass is 32.2. The minimum atomic E-state index is -0.460. The molecule has 0 saturated carbocycles. The van der Waals surface area contributed by atoms with Crippen LogP contribution in [0.3, 0.4) is 0 Å². The zero-order valence-corrected chi connectivity index (χ0v) is 10.8. The second kappa shape index (κ2) is 4.71. The molecule has 19 heavy (non-hydrogen) atoms. The summed E-state index contributed by atoms with van der Waals surface area (Å²) in [5.74, 6) is 1.24. The number of pyridine rings is 1. The average molecular weight is 280 g/mol. The number of cyclic esters (lactones) is 1. The zero-order chi connectivity index (χ0) is 13.4. The van der Waals surface area contributed by atoms with Crippen LogP contribution in [0.5, 0.6) is 0 Å². The van der Waals surface area contributed by atoms with Crippen molar-refractivity contribution in [3.63, 3.8) is 0 Å². The summed E-state index contributed by atoms with van der Waals surface area (Å²) >= 11 is 1.42. The quantitative estimate of drug-likeness (QED) is 0.814. The molecule has 2 aliphatic rings. The van der Waals surface area contributed by atoms with E-state index < -0.39 is 6.09 Å². The Morgan fingerprint density at radius 2 is 2.37 bits per heavy atom. The molecule has 0 aromatic carbocycles. The van der Waals surface area contributed by atoms with E-state index in [2.05, 4.69) is 10.3 Å². The Kier molecular flexibility index (Phi) is 3.03. The molecule has 8 heteroatoms. The summed E-state index contributed by atoms with van der Waals surface area (Å²) < 4.78 is 5.07. The van der Waals surface area contributed by atoms with Crippen LogP contribution in [0.1, 0.15) is 0 Å². The molecule has 3 N–H and O–H groups in total. The number of rotatable bonds is 2. The monoisotopic (exact) mass is 280 g/mol. The van der Waals surface area contributed by atoms with Crippen LogP contribution in [-0.4, -0.2) is 41.9 Å². The number of ether oxygens (including phenoxy) is 1. The summed E-state index contributed by atoms with van der Waals surface area (Å²) in [6.07, 6.45) is -0.771. The number of hydrogen-bond acceptors (Lipinski definition) is 6. The lowest BCUT2D eigenvalue weighted by Crippen LogP contribution is -2.28. The number of fused-ring (bicyclic) bond motifs is 1. The van der Waals surface area contributed by atoms with Crippen LogP contribution in [-0.2, 0) is 9.53 Å². The fourth-order valence-corrected chi connectivity index (χ4v) is 2.69. The molecule has 0 unspecified atom stereocenters. The van der Waals surface area contributed by atoms with Crippen LogP contribution in [0.4, 0.5) is 16.4 Å². The van der Waals surface area contributed by atoms with Gasteiger partial charge in [-0.1, -0.05) is 0 Å². The van der Waals surface area contributed by atoms with Crippen LogP contribution in [0.25, 0.3) is 0 Å². The molecule has 1 fully saturated rings. The first-order chi connectivity index (χ1) is 9.17. The molecule has 2 aliphatic heterocycles. The lowest BCUT2D eigenvalue weighted by atomic mass is 10.3. The van der Waals surface area contributed by atoms with Gasteiger partial charge in [0.05, 0.1) is 17.2 Å². The van der Waals surface area contributed by atoms with E-state index in [9.17, 15) is 9.59 Å². The fraction of sp³-hybridized carbons (Fsp3) is 0.364. The van der Waals surface area contributed by atoms with Crippen LogP contribution in [0.2, 0.25) is 0 Å². The number of aromatic nitrogens is 1. The van der Waals surface area contributed by atoms with E-state index >= 15 is 0 Å². The number of amides is 2. The standard InChI is InChI=1S/C11H12N4O3S/c12-3-6-4-15(11(17)18-6)8-2-1-7-10(13-8)14-9(16)5-19-7/h1-2,6H,3-5,12H2,(H,13,14,16)/t6-/m0/s1. The topological polar surface area (TPSA) is 97.5 Å². The highest BCUT2D eigenvalue weighted by molar-refractivity contribution is 8.00. The number of anilines is 2. The van der Waals surface area contributed by atoms with Gasteiger partial charge in [-0.15, -0.1) is 11.8 Å². The summed E-state index contributed by atoms with van der Waals surface area (Å²) in [7, 11) is 0. The van der Waals surface area contributed by atoms with E-state index in [-0.39, 0.29) is 18.6 Å². The van der Waals surface area contributed by atoms with Crippen molar-refractivity contribution in [1.29, 1.82) is 0 Å². The summed E-state index contributed by atoms with van der Waals surface area (Å²) in [6, 6.07) is 3.58. The van der Waals surface area contributed by atoms with Crippen molar-refractivity contribution in [3.05, 3.63) is 12.1 Å². The molecular formula is C11H12N4O3S. The Morgan fingerprint density at radius 3 is 3.11 bits per heavy atom. The molecule has 100 valence electrons. The summed E-state index contributed by atoms with van der Waals surface area (Å²) in [5, 5.41) is 2.69. The smallest absolute Gasteiger partial charge is 0.416 e. The highest BCUT2D eigenvalue weighted by Crippen LogP contribution is 2.32. The molecule has 1 aromatic rings. The Labute approximate surface area is 113 Å². The van der Waals surface area contributed by atoms with Crippen molar-refractivity contribution in [3.8, 4) is 0 Å². The van der Waals surface area contributed by atoms with Gasteiger partial charge >= 0.3 is 6.09 Å². The molecule has 3 rings (SSSR count). The van der Waals surface area contributed by atoms with Crippen molar-refractivity contribution in [2.45, 2.75) is 11.0 Å². The summed E-state index contributed by atoms with van der Waals surface area (Å²) in [6.45, 7) is 0.655. The van der Waals surface area contributed by atoms with Crippen LogP contribution in [0, 0.1) is 0 Å². The zero-order valence-electron chi connectivity index (χ0n) is 9.96. The van der Waals surface area contributed by atoms with Crippen molar-refractivity contribution in [1.82, 2.24) is 4.98 Å². The Bertz CT molecular complexity index is 551. The number of hydrogen-bond donors (Lipinski definition) is 2. The van der Waals surface area contributed by atoms with E-state index in [1.165, 1.54) is 16.7 Å². The van der Waals surface area contributed by atoms with Crippen LogP contribution < -0.4 is 16.0 Å². The number of nitrogens with two attached hydrogens (primary N) is 1. The molecule has 2 amide bonds. The number of carbonyl (C=O) groups excluding carboxylic acids is 2. The third kappa shape index (κ3) is 2.24. The van der Waals surface area contributed by atoms with E-state index in [1.807, 2.05) is 6.07 Å². The van der Waals surface area contributed by atoms with Crippen molar-refractivity contribution >= 4 is 35.4 Å². The third-order valence-electron chi connectivity index (χ3n) is 2.87. The first-order valence-corrected chi connectivity index (χ1v) is 6.78. The minimum Gasteiger partial charge on any atom is -0.443 e. The van der Waals surface area contributed by atoms with Crippen molar-refractivity contribution in [2.24, 2.45) is 5.73 Å². The van der Waals surface area contributed by atoms with Gasteiger partial charge < -0.3 is 15.8 Å². The molecular weight excluding hydrogens is 268 g/mol. The maximum absolute atomic E-state index is 11.7. The molecule has 1 saturated heterocycles. The van der Waals surface area contributed by atoms with Gasteiger partial charge in [-0.2, -0.15) is 0 Å². The maximum Gasteiger partial charge on any atom is 0.416 e. The Hall–Kier alpha value is -1.80. The third-order valence-corrected chi connectivity index (χ3v) is 3.92. The summed E-state index contributed by atoms with van der Waals surface area (Å²) in [4.78, 5) is 29.6. The van der Waals surface area contributed by atoms with Gasteiger partial charge in [0.15, 0.2) is 0 Å². The molecule has 1 aromatic heterocycles. The molecule has 1 atom stereocenters. The highest BCUT2D eigenvalue weighted by Gasteiger charge is 2.32. The summed E-state index contributed by atoms with van der Waals surface area (Å²) in [5.41, 5.74) is 5.48. The molecule has 0 aliphatic carbocycles. The lowest BCUT2D eigenvalue weighted by Gasteiger charge is -2.18. The average Bonchev–Trinajstić information content (AvgIpc) is 2.79. The van der Waals surface area contributed by atoms with Gasteiger partial charge in [-0.05, 0) is 12.1 Å². The van der Waals surface area contributed by atoms with E-state index in [1.54, 1.807) is 6.07 Å². The van der Waals surface area contributed by atoms with Crippen molar-refractivity contribution in [2.75, 3.05) is 29.1 Å².